The zero-order valence-electron chi connectivity index (χ0n) is 12.3. The molecular weight excluding hydrogens is 270 g/mol. The minimum Gasteiger partial charge on any atom is -0.490 e. The summed E-state index contributed by atoms with van der Waals surface area (Å²) in [6.07, 6.45) is 2.08. The van der Waals surface area contributed by atoms with Gasteiger partial charge in [-0.25, -0.2) is 0 Å². The van der Waals surface area contributed by atoms with Crippen LogP contribution in [0.2, 0.25) is 0 Å². The van der Waals surface area contributed by atoms with Crippen molar-refractivity contribution in [2.75, 3.05) is 26.3 Å². The molecule has 3 rings (SSSR count). The van der Waals surface area contributed by atoms with Crippen molar-refractivity contribution in [3.8, 4) is 11.5 Å². The van der Waals surface area contributed by atoms with Gasteiger partial charge in [-0.3, -0.25) is 4.79 Å². The summed E-state index contributed by atoms with van der Waals surface area (Å²) in [5, 5.41) is 9.96. The van der Waals surface area contributed by atoms with Crippen LogP contribution in [0.5, 0.6) is 11.5 Å². The Morgan fingerprint density at radius 1 is 1.19 bits per heavy atom. The van der Waals surface area contributed by atoms with E-state index >= 15 is 0 Å². The van der Waals surface area contributed by atoms with E-state index in [0.717, 1.165) is 6.42 Å². The van der Waals surface area contributed by atoms with Gasteiger partial charge < -0.3 is 19.5 Å². The highest BCUT2D eigenvalue weighted by molar-refractivity contribution is 5.95. The summed E-state index contributed by atoms with van der Waals surface area (Å²) in [4.78, 5) is 14.3. The zero-order valence-corrected chi connectivity index (χ0v) is 12.3. The highest BCUT2D eigenvalue weighted by Gasteiger charge is 2.30. The molecule has 0 unspecified atom stereocenters. The Labute approximate surface area is 124 Å². The maximum absolute atomic E-state index is 12.5. The maximum atomic E-state index is 12.5. The average Bonchev–Trinajstić information content (AvgIpc) is 2.71. The number of ether oxygens (including phenoxy) is 2. The quantitative estimate of drug-likeness (QED) is 0.857. The summed E-state index contributed by atoms with van der Waals surface area (Å²) in [5.41, 5.74) is -0.0394. The predicted octanol–water partition coefficient (Wildman–Crippen LogP) is 1.83. The van der Waals surface area contributed by atoms with Crippen molar-refractivity contribution in [2.24, 2.45) is 0 Å². The molecule has 0 radical (unpaired) electrons. The molecule has 0 aliphatic carbocycles. The van der Waals surface area contributed by atoms with Gasteiger partial charge in [0.25, 0.3) is 5.91 Å². The fourth-order valence-corrected chi connectivity index (χ4v) is 2.67. The molecular formula is C16H21NO4. The summed E-state index contributed by atoms with van der Waals surface area (Å²) >= 11 is 0. The van der Waals surface area contributed by atoms with E-state index in [1.807, 2.05) is 6.92 Å². The van der Waals surface area contributed by atoms with Crippen LogP contribution in [0.15, 0.2) is 18.2 Å². The molecule has 0 spiro atoms. The number of hydrogen-bond donors (Lipinski definition) is 1. The van der Waals surface area contributed by atoms with Crippen LogP contribution in [0.1, 0.15) is 36.5 Å². The maximum Gasteiger partial charge on any atom is 0.253 e. The van der Waals surface area contributed by atoms with Crippen molar-refractivity contribution in [3.63, 3.8) is 0 Å². The van der Waals surface area contributed by atoms with E-state index in [9.17, 15) is 9.90 Å². The second kappa shape index (κ2) is 5.56. The first kappa shape index (κ1) is 14.2. The van der Waals surface area contributed by atoms with E-state index in [0.29, 0.717) is 56.2 Å². The largest absolute Gasteiger partial charge is 0.490 e. The van der Waals surface area contributed by atoms with Crippen molar-refractivity contribution in [1.29, 1.82) is 0 Å². The minimum atomic E-state index is -0.651. The molecule has 0 aromatic heterocycles. The van der Waals surface area contributed by atoms with Gasteiger partial charge in [0.05, 0.1) is 18.8 Å². The molecule has 2 heterocycles. The molecule has 5 heteroatoms. The van der Waals surface area contributed by atoms with Crippen LogP contribution in [0.3, 0.4) is 0 Å². The van der Waals surface area contributed by atoms with Crippen molar-refractivity contribution in [3.05, 3.63) is 23.8 Å². The Balaban J connectivity index is 1.75. The number of carbonyl (C=O) groups excluding carboxylic acids is 1. The van der Waals surface area contributed by atoms with Gasteiger partial charge in [0, 0.05) is 25.1 Å². The van der Waals surface area contributed by atoms with Gasteiger partial charge in [-0.05, 0) is 38.0 Å². The lowest BCUT2D eigenvalue weighted by molar-refractivity contribution is -0.00203. The number of nitrogens with zero attached hydrogens (tertiary/aromatic N) is 1. The Kier molecular flexibility index (Phi) is 3.76. The fraction of sp³-hybridized carbons (Fsp3) is 0.562. The van der Waals surface area contributed by atoms with Gasteiger partial charge in [0.1, 0.15) is 0 Å². The first-order valence-corrected chi connectivity index (χ1v) is 7.46. The molecule has 1 aromatic carbocycles. The third kappa shape index (κ3) is 3.13. The summed E-state index contributed by atoms with van der Waals surface area (Å²) in [6, 6.07) is 5.34. The average molecular weight is 291 g/mol. The van der Waals surface area contributed by atoms with Gasteiger partial charge in [-0.15, -0.1) is 0 Å². The van der Waals surface area contributed by atoms with E-state index in [1.165, 1.54) is 0 Å². The van der Waals surface area contributed by atoms with E-state index in [4.69, 9.17) is 9.47 Å². The van der Waals surface area contributed by atoms with E-state index < -0.39 is 5.60 Å². The van der Waals surface area contributed by atoms with Crippen LogP contribution in [0.25, 0.3) is 0 Å². The van der Waals surface area contributed by atoms with Crippen molar-refractivity contribution in [2.45, 2.75) is 31.8 Å². The molecule has 1 saturated heterocycles. The molecule has 1 N–H and O–H groups in total. The Bertz CT molecular complexity index is 531. The number of likely N-dealkylation sites (tertiary alicyclic amines) is 1. The first-order chi connectivity index (χ1) is 10.1. The van der Waals surface area contributed by atoms with Crippen LogP contribution >= 0.6 is 0 Å². The minimum absolute atomic E-state index is 0.0128. The number of amides is 1. The van der Waals surface area contributed by atoms with E-state index in [2.05, 4.69) is 0 Å². The highest BCUT2D eigenvalue weighted by Crippen LogP contribution is 2.31. The Hall–Kier alpha value is -1.75. The standard InChI is InChI=1S/C16H21NO4/c1-16(19)5-7-17(8-6-16)15(18)12-3-4-13-14(11-12)21-10-2-9-20-13/h3-4,11,19H,2,5-10H2,1H3. The fourth-order valence-electron chi connectivity index (χ4n) is 2.67. The number of rotatable bonds is 1. The molecule has 1 amide bonds. The van der Waals surface area contributed by atoms with Gasteiger partial charge in [0.15, 0.2) is 11.5 Å². The number of carbonyl (C=O) groups is 1. The van der Waals surface area contributed by atoms with Gasteiger partial charge in [0.2, 0.25) is 0 Å². The van der Waals surface area contributed by atoms with Gasteiger partial charge >= 0.3 is 0 Å². The van der Waals surface area contributed by atoms with Crippen LogP contribution in [-0.2, 0) is 0 Å². The summed E-state index contributed by atoms with van der Waals surface area (Å²) in [6.45, 7) is 4.24. The SMILES string of the molecule is CC1(O)CCN(C(=O)c2ccc3c(c2)OCCCO3)CC1. The second-order valence-corrected chi connectivity index (χ2v) is 6.00. The van der Waals surface area contributed by atoms with Crippen molar-refractivity contribution >= 4 is 5.91 Å². The molecule has 2 aliphatic rings. The van der Waals surface area contributed by atoms with Crippen LogP contribution < -0.4 is 9.47 Å². The Morgan fingerprint density at radius 3 is 2.57 bits per heavy atom. The number of hydrogen-bond acceptors (Lipinski definition) is 4. The third-order valence-electron chi connectivity index (χ3n) is 4.12. The number of benzene rings is 1. The molecule has 0 saturated carbocycles. The lowest BCUT2D eigenvalue weighted by Gasteiger charge is -2.35. The van der Waals surface area contributed by atoms with Gasteiger partial charge in [-0.1, -0.05) is 0 Å². The molecule has 2 aliphatic heterocycles. The smallest absolute Gasteiger partial charge is 0.253 e. The zero-order chi connectivity index (χ0) is 14.9. The summed E-state index contributed by atoms with van der Waals surface area (Å²) in [5.74, 6) is 1.33. The van der Waals surface area contributed by atoms with E-state index in [1.54, 1.807) is 23.1 Å². The van der Waals surface area contributed by atoms with Gasteiger partial charge in [-0.2, -0.15) is 0 Å². The number of piperidine rings is 1. The summed E-state index contributed by atoms with van der Waals surface area (Å²) < 4.78 is 11.2. The lowest BCUT2D eigenvalue weighted by Crippen LogP contribution is -2.45. The molecule has 0 atom stereocenters. The lowest BCUT2D eigenvalue weighted by atomic mass is 9.93. The number of aliphatic hydroxyl groups is 1. The summed E-state index contributed by atoms with van der Waals surface area (Å²) in [7, 11) is 0. The Morgan fingerprint density at radius 2 is 1.86 bits per heavy atom. The third-order valence-corrected chi connectivity index (χ3v) is 4.12. The molecule has 1 aromatic rings. The topological polar surface area (TPSA) is 59.0 Å². The highest BCUT2D eigenvalue weighted by atomic mass is 16.5. The second-order valence-electron chi connectivity index (χ2n) is 6.00. The molecule has 114 valence electrons. The molecule has 1 fully saturated rings. The first-order valence-electron chi connectivity index (χ1n) is 7.46. The van der Waals surface area contributed by atoms with Crippen LogP contribution in [0.4, 0.5) is 0 Å². The normalized spacial score (nSPS) is 20.8. The van der Waals surface area contributed by atoms with Crippen LogP contribution in [0, 0.1) is 0 Å². The molecule has 5 nitrogen and oxygen atoms in total. The monoisotopic (exact) mass is 291 g/mol. The number of fused-ring (bicyclic) bond motifs is 1. The van der Waals surface area contributed by atoms with E-state index in [-0.39, 0.29) is 5.91 Å². The van der Waals surface area contributed by atoms with Crippen molar-refractivity contribution < 1.29 is 19.4 Å². The predicted molar refractivity (Wildman–Crippen MR) is 77.8 cm³/mol. The molecule has 0 bridgehead atoms. The van der Waals surface area contributed by atoms with Crippen molar-refractivity contribution in [1.82, 2.24) is 4.90 Å². The van der Waals surface area contributed by atoms with Crippen LogP contribution in [-0.4, -0.2) is 47.8 Å². The molecule has 21 heavy (non-hydrogen) atoms.